The van der Waals surface area contributed by atoms with Crippen molar-refractivity contribution in [1.29, 1.82) is 0 Å². The van der Waals surface area contributed by atoms with Crippen molar-refractivity contribution in [2.75, 3.05) is 62.1 Å². The Hall–Kier alpha value is -2.40. The molecule has 1 unspecified atom stereocenters. The quantitative estimate of drug-likeness (QED) is 0.215. The van der Waals surface area contributed by atoms with Crippen LogP contribution in [0.1, 0.15) is 60.0 Å². The number of nitrogens with zero attached hydrogens (tertiary/aromatic N) is 3. The maximum absolute atomic E-state index is 14.4. The van der Waals surface area contributed by atoms with E-state index in [1.54, 1.807) is 13.2 Å². The molecule has 51 heavy (non-hydrogen) atoms. The van der Waals surface area contributed by atoms with Gasteiger partial charge in [0, 0.05) is 5.02 Å². The number of fused-ring (bicyclic) bond motifs is 4. The molecule has 3 heterocycles. The minimum atomic E-state index is -3.17. The Labute approximate surface area is 315 Å². The molecular formula is C36H45ClIN4O7S2-. The number of ether oxygens (including phenoxy) is 2. The van der Waals surface area contributed by atoms with Crippen LogP contribution in [0.2, 0.25) is 5.02 Å². The van der Waals surface area contributed by atoms with Crippen LogP contribution >= 0.6 is 11.6 Å². The summed E-state index contributed by atoms with van der Waals surface area (Å²) in [6.07, 6.45) is 10.4. The summed E-state index contributed by atoms with van der Waals surface area (Å²) in [6.45, 7) is -0.959. The van der Waals surface area contributed by atoms with Crippen LogP contribution in [0.5, 0.6) is 5.75 Å². The third-order valence-corrected chi connectivity index (χ3v) is 19.6. The van der Waals surface area contributed by atoms with Crippen LogP contribution in [0.25, 0.3) is 0 Å². The van der Waals surface area contributed by atoms with E-state index in [1.807, 2.05) is 18.2 Å². The van der Waals surface area contributed by atoms with Crippen molar-refractivity contribution in [3.05, 3.63) is 70.3 Å². The molecule has 1 saturated heterocycles. The van der Waals surface area contributed by atoms with Crippen molar-refractivity contribution < 1.29 is 51.8 Å². The zero-order valence-corrected chi connectivity index (χ0v) is 33.3. The zero-order valence-electron chi connectivity index (χ0n) is 28.7. The van der Waals surface area contributed by atoms with Gasteiger partial charge in [-0.15, -0.1) is 0 Å². The first-order chi connectivity index (χ1) is 24.5. The van der Waals surface area contributed by atoms with Gasteiger partial charge in [0.05, 0.1) is 0 Å². The normalized spacial score (nSPS) is 31.3. The number of sulfone groups is 1. The number of rotatable bonds is 3. The van der Waals surface area contributed by atoms with Crippen LogP contribution in [-0.4, -0.2) is 92.7 Å². The summed E-state index contributed by atoms with van der Waals surface area (Å²) in [5, 5.41) is 0.733. The van der Waals surface area contributed by atoms with Gasteiger partial charge in [-0.1, -0.05) is 11.6 Å². The van der Waals surface area contributed by atoms with Crippen LogP contribution in [0.4, 0.5) is 10.5 Å². The van der Waals surface area contributed by atoms with Gasteiger partial charge in [0.25, 0.3) is 0 Å². The van der Waals surface area contributed by atoms with Crippen LogP contribution < -0.4 is 33.3 Å². The van der Waals surface area contributed by atoms with Gasteiger partial charge in [0.1, 0.15) is 0 Å². The second kappa shape index (κ2) is 15.2. The van der Waals surface area contributed by atoms with Crippen LogP contribution in [0, 0.1) is 11.8 Å². The number of urea groups is 1. The van der Waals surface area contributed by atoms with Gasteiger partial charge >= 0.3 is 300 Å². The number of amides is 3. The summed E-state index contributed by atoms with van der Waals surface area (Å²) >= 11 is 4.86. The van der Waals surface area contributed by atoms with E-state index in [0.717, 1.165) is 49.4 Å². The van der Waals surface area contributed by atoms with Crippen LogP contribution in [0.3, 0.4) is 0 Å². The molecular weight excluding hydrogens is 827 g/mol. The van der Waals surface area contributed by atoms with Gasteiger partial charge in [0.2, 0.25) is 0 Å². The molecule has 2 aromatic carbocycles. The molecule has 278 valence electrons. The van der Waals surface area contributed by atoms with Crippen molar-refractivity contribution in [1.82, 2.24) is 8.43 Å². The number of nitrogens with one attached hydrogen (secondary N) is 1. The van der Waals surface area contributed by atoms with E-state index < -0.39 is 48.8 Å². The van der Waals surface area contributed by atoms with E-state index in [0.29, 0.717) is 49.1 Å². The molecule has 2 fully saturated rings. The van der Waals surface area contributed by atoms with E-state index in [1.165, 1.54) is 16.0 Å². The van der Waals surface area contributed by atoms with Crippen molar-refractivity contribution in [3.63, 3.8) is 0 Å². The van der Waals surface area contributed by atoms with Crippen molar-refractivity contribution in [3.8, 4) is 5.75 Å². The predicted octanol–water partition coefficient (Wildman–Crippen LogP) is 2.17. The first-order valence-electron chi connectivity index (χ1n) is 17.7. The van der Waals surface area contributed by atoms with E-state index in [4.69, 9.17) is 21.1 Å². The summed E-state index contributed by atoms with van der Waals surface area (Å²) < 4.78 is 57.9. The van der Waals surface area contributed by atoms with Gasteiger partial charge in [-0.3, -0.25) is 0 Å². The summed E-state index contributed by atoms with van der Waals surface area (Å²) in [7, 11) is -1.41. The topological polar surface area (TPSA) is 135 Å². The Balaban J connectivity index is 1.22. The number of allylic oxidation sites excluding steroid dienone is 1. The third kappa shape index (κ3) is 8.09. The Kier molecular flexibility index (Phi) is 11.0. The van der Waals surface area contributed by atoms with E-state index in [2.05, 4.69) is 37.1 Å². The molecule has 0 aromatic heterocycles. The molecule has 1 saturated carbocycles. The molecule has 2 bridgehead atoms. The Morgan fingerprint density at radius 2 is 1.92 bits per heavy atom. The average Bonchev–Trinajstić information content (AvgIpc) is 3.24. The van der Waals surface area contributed by atoms with Gasteiger partial charge < -0.3 is 0 Å². The van der Waals surface area contributed by atoms with E-state index in [9.17, 15) is 22.2 Å². The molecule has 2 aliphatic carbocycles. The van der Waals surface area contributed by atoms with Crippen LogP contribution in [0.15, 0.2) is 52.9 Å². The Morgan fingerprint density at radius 3 is 2.69 bits per heavy atom. The average molecular weight is 872 g/mol. The molecule has 7 rings (SSSR count). The summed E-state index contributed by atoms with van der Waals surface area (Å²) in [4.78, 5) is 30.7. The van der Waals surface area contributed by atoms with E-state index in [-0.39, 0.29) is 41.9 Å². The van der Waals surface area contributed by atoms with Crippen molar-refractivity contribution in [2.24, 2.45) is 16.2 Å². The SMILES string of the molecule is CO[C@H]1/C=C/CCCS(=O)([I-]NC(=O)N2CCS(=O)(=O)CC2)=NC(=O)c2ccc3c(c2)N(C[C@@H]2CC[C@H]21)C[C@@]1(CCCc2cc(Cl)ccc21)CO3. The second-order valence-electron chi connectivity index (χ2n) is 14.3. The monoisotopic (exact) mass is 871 g/mol. The number of hydrogen-bond acceptors (Lipinski definition) is 8. The van der Waals surface area contributed by atoms with Crippen molar-refractivity contribution >= 4 is 46.0 Å². The van der Waals surface area contributed by atoms with Gasteiger partial charge in [-0.05, 0) is 0 Å². The summed E-state index contributed by atoms with van der Waals surface area (Å²) in [5.74, 6) is 0.800. The number of benzene rings is 2. The number of carbonyl (C=O) groups is 2. The molecule has 15 heteroatoms. The predicted molar refractivity (Wildman–Crippen MR) is 194 cm³/mol. The number of halogens is 2. The first kappa shape index (κ1) is 36.9. The fourth-order valence-electron chi connectivity index (χ4n) is 8.14. The number of carbonyl (C=O) groups excluding carboxylic acids is 2. The fraction of sp³-hybridized carbons (Fsp3) is 0.556. The molecule has 0 radical (unpaired) electrons. The van der Waals surface area contributed by atoms with Gasteiger partial charge in [0.15, 0.2) is 0 Å². The molecule has 1 spiro atoms. The maximum atomic E-state index is 14.4. The molecule has 5 aliphatic rings. The van der Waals surface area contributed by atoms with Crippen molar-refractivity contribution in [2.45, 2.75) is 56.5 Å². The standard InChI is InChI=1S/C36H45ClIN4O7S2/c1-48-32-7-3-2-4-17-51(47,38-39-35(44)41-15-18-50(45,46)19-16-41)40-34(43)26-9-13-33-31(21-26)42(22-27-8-11-29(27)32)23-36(24-49-33)14-5-6-25-20-28(37)10-12-30(25)36/h3,7,9-10,12-13,20-21,27,29,32H,2,4-6,8,11,14-19,22-24H2,1H3,(H,39,44)/q-1/b7-3+/t27-,29+,32-,36-,51?/m0/s1. The summed E-state index contributed by atoms with van der Waals surface area (Å²) in [5.41, 5.74) is 3.41. The van der Waals surface area contributed by atoms with Crippen LogP contribution in [-0.2, 0) is 33.3 Å². The minimum absolute atomic E-state index is 0.0483. The number of anilines is 1. The molecule has 1 N–H and O–H groups in total. The zero-order chi connectivity index (χ0) is 35.8. The van der Waals surface area contributed by atoms with Gasteiger partial charge in [-0.2, -0.15) is 0 Å². The van der Waals surface area contributed by atoms with E-state index >= 15 is 0 Å². The molecule has 5 atom stereocenters. The number of methoxy groups -OCH3 is 1. The summed E-state index contributed by atoms with van der Waals surface area (Å²) in [6, 6.07) is 11.1. The molecule has 3 amide bonds. The molecule has 3 aliphatic heterocycles. The molecule has 2 aromatic rings. The number of aryl methyl sites for hydroxylation is 1. The molecule has 11 nitrogen and oxygen atoms in total. The fourth-order valence-corrected chi connectivity index (χ4v) is 15.2. The Bertz CT molecular complexity index is 1940. The second-order valence-corrected chi connectivity index (χ2v) is 24.9. The third-order valence-electron chi connectivity index (χ3n) is 11.1. The first-order valence-corrected chi connectivity index (χ1v) is 25.2. The Morgan fingerprint density at radius 1 is 1.10 bits per heavy atom. The van der Waals surface area contributed by atoms with Gasteiger partial charge in [-0.25, -0.2) is 0 Å². The number of hydrogen-bond donors (Lipinski definition) is 1.